The number of unbranched alkanes of at least 4 members (excludes halogenated alkanes) is 2. The van der Waals surface area contributed by atoms with Crippen LogP contribution in [0.3, 0.4) is 0 Å². The Morgan fingerprint density at radius 2 is 1.82 bits per heavy atom. The van der Waals surface area contributed by atoms with Gasteiger partial charge in [-0.1, -0.05) is 25.8 Å². The lowest BCUT2D eigenvalue weighted by molar-refractivity contribution is -0.141. The molecule has 1 heterocycles. The molecule has 8 heteroatoms. The summed E-state index contributed by atoms with van der Waals surface area (Å²) in [6.07, 6.45) is 5.05. The van der Waals surface area contributed by atoms with Crippen molar-refractivity contribution < 1.29 is 28.6 Å². The first-order valence-corrected chi connectivity index (χ1v) is 11.6. The number of imide groups is 1. The topological polar surface area (TPSA) is 106 Å². The summed E-state index contributed by atoms with van der Waals surface area (Å²) in [5, 5.41) is 9.54. The molecule has 1 aromatic carbocycles. The zero-order valence-electron chi connectivity index (χ0n) is 20.3. The van der Waals surface area contributed by atoms with E-state index in [4.69, 9.17) is 14.2 Å². The van der Waals surface area contributed by atoms with Crippen LogP contribution in [0.25, 0.3) is 6.08 Å². The molecular weight excluding hydrogens is 436 g/mol. The molecule has 0 radical (unpaired) electrons. The van der Waals surface area contributed by atoms with Gasteiger partial charge in [0.15, 0.2) is 11.5 Å². The molecule has 0 spiro atoms. The molecule has 0 atom stereocenters. The summed E-state index contributed by atoms with van der Waals surface area (Å²) < 4.78 is 16.5. The number of esters is 1. The number of nitrogens with zero attached hydrogens (tertiary/aromatic N) is 2. The van der Waals surface area contributed by atoms with Gasteiger partial charge in [0.25, 0.3) is 11.8 Å². The predicted octanol–water partition coefficient (Wildman–Crippen LogP) is 4.20. The molecule has 1 aliphatic heterocycles. The third-order valence-corrected chi connectivity index (χ3v) is 5.24. The van der Waals surface area contributed by atoms with E-state index in [1.807, 2.05) is 13.0 Å². The molecule has 1 aliphatic rings. The van der Waals surface area contributed by atoms with Crippen LogP contribution in [-0.4, -0.2) is 49.0 Å². The number of carbonyl (C=O) groups excluding carboxylic acids is 3. The van der Waals surface area contributed by atoms with Crippen molar-refractivity contribution in [1.29, 1.82) is 5.26 Å². The van der Waals surface area contributed by atoms with Crippen LogP contribution in [0.15, 0.2) is 34.9 Å². The maximum atomic E-state index is 13.2. The standard InChI is InChI=1S/C26H32N2O6/c1-5-7-8-13-34-23-11-10-20(16-24(23)32-6-2)15-21-18(3)22(17-27)26(31)28(25(21)30)12-9-14-33-19(4)29/h10-11,15-16H,5-9,12-14H2,1-4H3/b21-15+. The van der Waals surface area contributed by atoms with E-state index in [9.17, 15) is 19.6 Å². The second-order valence-corrected chi connectivity index (χ2v) is 7.82. The normalized spacial score (nSPS) is 14.9. The van der Waals surface area contributed by atoms with Crippen LogP contribution in [-0.2, 0) is 19.1 Å². The van der Waals surface area contributed by atoms with Gasteiger partial charge in [-0.25, -0.2) is 0 Å². The van der Waals surface area contributed by atoms with E-state index in [1.54, 1.807) is 31.2 Å². The number of carbonyl (C=O) groups is 3. The lowest BCUT2D eigenvalue weighted by Gasteiger charge is -2.27. The molecule has 2 rings (SSSR count). The highest BCUT2D eigenvalue weighted by atomic mass is 16.5. The smallest absolute Gasteiger partial charge is 0.302 e. The fraction of sp³-hybridized carbons (Fsp3) is 0.462. The monoisotopic (exact) mass is 468 g/mol. The predicted molar refractivity (Wildman–Crippen MR) is 127 cm³/mol. The lowest BCUT2D eigenvalue weighted by Crippen LogP contribution is -2.43. The van der Waals surface area contributed by atoms with Crippen molar-refractivity contribution in [1.82, 2.24) is 4.90 Å². The van der Waals surface area contributed by atoms with Crippen molar-refractivity contribution in [3.05, 3.63) is 40.5 Å². The van der Waals surface area contributed by atoms with Crippen molar-refractivity contribution in [2.45, 2.75) is 53.4 Å². The fourth-order valence-corrected chi connectivity index (χ4v) is 3.47. The highest BCUT2D eigenvalue weighted by Crippen LogP contribution is 2.32. The number of hydrogen-bond acceptors (Lipinski definition) is 7. The Bertz CT molecular complexity index is 1020. The summed E-state index contributed by atoms with van der Waals surface area (Å²) in [4.78, 5) is 37.8. The first-order valence-electron chi connectivity index (χ1n) is 11.6. The molecule has 1 aromatic rings. The molecule has 182 valence electrons. The largest absolute Gasteiger partial charge is 0.490 e. The van der Waals surface area contributed by atoms with Gasteiger partial charge in [0.1, 0.15) is 11.6 Å². The van der Waals surface area contributed by atoms with Gasteiger partial charge in [-0.15, -0.1) is 0 Å². The van der Waals surface area contributed by atoms with Crippen LogP contribution in [0, 0.1) is 11.3 Å². The van der Waals surface area contributed by atoms with Crippen LogP contribution in [0.1, 0.15) is 58.9 Å². The number of nitriles is 1. The quantitative estimate of drug-likeness (QED) is 0.196. The van der Waals surface area contributed by atoms with E-state index in [1.165, 1.54) is 6.92 Å². The highest BCUT2D eigenvalue weighted by molar-refractivity contribution is 6.19. The highest BCUT2D eigenvalue weighted by Gasteiger charge is 2.35. The van der Waals surface area contributed by atoms with Gasteiger partial charge in [0.05, 0.1) is 19.8 Å². The molecule has 0 bridgehead atoms. The van der Waals surface area contributed by atoms with Gasteiger partial charge in [0.2, 0.25) is 0 Å². The third kappa shape index (κ3) is 6.95. The summed E-state index contributed by atoms with van der Waals surface area (Å²) in [6, 6.07) is 7.29. The first kappa shape index (κ1) is 26.7. The van der Waals surface area contributed by atoms with Crippen molar-refractivity contribution in [2.75, 3.05) is 26.4 Å². The summed E-state index contributed by atoms with van der Waals surface area (Å²) in [7, 11) is 0. The molecule has 0 fully saturated rings. The molecule has 0 N–H and O–H groups in total. The number of amides is 2. The maximum absolute atomic E-state index is 13.2. The number of rotatable bonds is 12. The Balaban J connectivity index is 2.33. The minimum atomic E-state index is -0.643. The third-order valence-electron chi connectivity index (χ3n) is 5.24. The van der Waals surface area contributed by atoms with Crippen LogP contribution < -0.4 is 9.47 Å². The Kier molecular flexibility index (Phi) is 10.3. The van der Waals surface area contributed by atoms with Crippen LogP contribution in [0.5, 0.6) is 11.5 Å². The SMILES string of the molecule is CCCCCOc1ccc(/C=C2/C(=O)N(CCCOC(C)=O)C(=O)C(C#N)=C2C)cc1OCC. The number of benzene rings is 1. The molecule has 2 amide bonds. The number of hydrogen-bond donors (Lipinski definition) is 0. The van der Waals surface area contributed by atoms with Gasteiger partial charge in [-0.3, -0.25) is 19.3 Å². The van der Waals surface area contributed by atoms with Crippen LogP contribution in [0.2, 0.25) is 0 Å². The van der Waals surface area contributed by atoms with E-state index in [2.05, 4.69) is 6.92 Å². The van der Waals surface area contributed by atoms with Gasteiger partial charge < -0.3 is 14.2 Å². The molecule has 8 nitrogen and oxygen atoms in total. The van der Waals surface area contributed by atoms with Gasteiger partial charge in [0, 0.05) is 19.0 Å². The van der Waals surface area contributed by atoms with Crippen molar-refractivity contribution in [3.63, 3.8) is 0 Å². The van der Waals surface area contributed by atoms with Crippen molar-refractivity contribution in [2.24, 2.45) is 0 Å². The molecule has 0 unspecified atom stereocenters. The fourth-order valence-electron chi connectivity index (χ4n) is 3.47. The molecule has 0 aliphatic carbocycles. The van der Waals surface area contributed by atoms with E-state index in [0.717, 1.165) is 24.2 Å². The van der Waals surface area contributed by atoms with Crippen LogP contribution >= 0.6 is 0 Å². The second kappa shape index (κ2) is 13.2. The van der Waals surface area contributed by atoms with E-state index >= 15 is 0 Å². The Morgan fingerprint density at radius 1 is 1.06 bits per heavy atom. The van der Waals surface area contributed by atoms with E-state index in [-0.39, 0.29) is 30.7 Å². The van der Waals surface area contributed by atoms with Crippen LogP contribution in [0.4, 0.5) is 0 Å². The summed E-state index contributed by atoms with van der Waals surface area (Å²) in [5.41, 5.74) is 1.17. The minimum Gasteiger partial charge on any atom is -0.490 e. The molecule has 0 saturated carbocycles. The molecule has 34 heavy (non-hydrogen) atoms. The van der Waals surface area contributed by atoms with Gasteiger partial charge in [-0.2, -0.15) is 5.26 Å². The molecular formula is C26H32N2O6. The Labute approximate surface area is 200 Å². The second-order valence-electron chi connectivity index (χ2n) is 7.82. The maximum Gasteiger partial charge on any atom is 0.302 e. The number of ether oxygens (including phenoxy) is 3. The molecule has 0 saturated heterocycles. The first-order chi connectivity index (χ1) is 16.3. The van der Waals surface area contributed by atoms with Crippen molar-refractivity contribution in [3.8, 4) is 17.6 Å². The van der Waals surface area contributed by atoms with E-state index in [0.29, 0.717) is 35.8 Å². The van der Waals surface area contributed by atoms with Gasteiger partial charge >= 0.3 is 5.97 Å². The summed E-state index contributed by atoms with van der Waals surface area (Å²) in [6.45, 7) is 8.03. The molecule has 0 aromatic heterocycles. The summed E-state index contributed by atoms with van der Waals surface area (Å²) >= 11 is 0. The Hall–Kier alpha value is -3.60. The Morgan fingerprint density at radius 3 is 2.47 bits per heavy atom. The minimum absolute atomic E-state index is 0.0372. The van der Waals surface area contributed by atoms with Gasteiger partial charge in [-0.05, 0) is 56.0 Å². The van der Waals surface area contributed by atoms with E-state index < -0.39 is 17.8 Å². The summed E-state index contributed by atoms with van der Waals surface area (Å²) in [5.74, 6) is -0.387. The lowest BCUT2D eigenvalue weighted by atomic mass is 9.93. The van der Waals surface area contributed by atoms with Crippen molar-refractivity contribution >= 4 is 23.9 Å². The zero-order chi connectivity index (χ0) is 25.1. The average Bonchev–Trinajstić information content (AvgIpc) is 2.80. The zero-order valence-corrected chi connectivity index (χ0v) is 20.3. The average molecular weight is 469 g/mol.